The van der Waals surface area contributed by atoms with E-state index in [1.807, 2.05) is 53.1 Å². The van der Waals surface area contributed by atoms with Crippen LogP contribution in [0.5, 0.6) is 0 Å². The summed E-state index contributed by atoms with van der Waals surface area (Å²) >= 11 is 0. The molecule has 0 radical (unpaired) electrons. The number of para-hydroxylation sites is 2. The molecule has 0 atom stereocenters. The molecular weight excluding hydrogens is 364 g/mol. The van der Waals surface area contributed by atoms with E-state index < -0.39 is 0 Å². The van der Waals surface area contributed by atoms with Crippen molar-refractivity contribution in [2.45, 2.75) is 31.7 Å². The molecule has 146 valence electrons. The van der Waals surface area contributed by atoms with Gasteiger partial charge in [0.2, 0.25) is 5.43 Å². The Morgan fingerprint density at radius 3 is 2.41 bits per heavy atom. The van der Waals surface area contributed by atoms with Crippen LogP contribution in [0.15, 0.2) is 64.2 Å². The average molecular weight is 386 g/mol. The molecule has 0 unspecified atom stereocenters. The van der Waals surface area contributed by atoms with Crippen molar-refractivity contribution in [3.63, 3.8) is 0 Å². The lowest BCUT2D eigenvalue weighted by atomic mass is 9.84. The molecule has 1 aliphatic rings. The molecule has 2 N–H and O–H groups in total. The van der Waals surface area contributed by atoms with Crippen molar-refractivity contribution in [1.82, 2.24) is 14.1 Å². The number of nitrogens with two attached hydrogens (primary N) is 1. The third-order valence-corrected chi connectivity index (χ3v) is 5.85. The normalized spacial score (nSPS) is 14.4. The second-order valence-corrected chi connectivity index (χ2v) is 7.56. The molecule has 1 fully saturated rings. The number of hydrogen-bond donors (Lipinski definition) is 1. The first-order valence-electron chi connectivity index (χ1n) is 10.0. The van der Waals surface area contributed by atoms with Gasteiger partial charge < -0.3 is 10.3 Å². The Morgan fingerprint density at radius 2 is 1.72 bits per heavy atom. The van der Waals surface area contributed by atoms with Crippen LogP contribution in [0.25, 0.3) is 27.6 Å². The molecule has 6 nitrogen and oxygen atoms in total. The Balaban J connectivity index is 1.98. The summed E-state index contributed by atoms with van der Waals surface area (Å²) in [5, 5.41) is 0.646. The lowest BCUT2D eigenvalue weighted by Gasteiger charge is -2.28. The molecule has 6 heteroatoms. The third-order valence-electron chi connectivity index (χ3n) is 5.85. The lowest BCUT2D eigenvalue weighted by Crippen LogP contribution is -2.32. The van der Waals surface area contributed by atoms with Gasteiger partial charge in [-0.1, -0.05) is 36.8 Å². The lowest BCUT2D eigenvalue weighted by molar-refractivity contribution is 0.394. The van der Waals surface area contributed by atoms with Crippen molar-refractivity contribution in [2.75, 3.05) is 6.54 Å². The Hall–Kier alpha value is -3.25. The highest BCUT2D eigenvalue weighted by Gasteiger charge is 2.28. The molecule has 0 aliphatic heterocycles. The molecule has 0 amide bonds. The van der Waals surface area contributed by atoms with Crippen LogP contribution in [0.3, 0.4) is 0 Å². The Labute approximate surface area is 167 Å². The number of hydrogen-bond acceptors (Lipinski definition) is 4. The number of fused-ring (bicyclic) bond motifs is 2. The van der Waals surface area contributed by atoms with E-state index in [4.69, 9.17) is 10.7 Å². The molecule has 2 aromatic carbocycles. The highest BCUT2D eigenvalue weighted by atomic mass is 16.1. The maximum Gasteiger partial charge on any atom is 0.271 e. The first-order valence-corrected chi connectivity index (χ1v) is 10.0. The van der Waals surface area contributed by atoms with Crippen molar-refractivity contribution in [2.24, 2.45) is 5.73 Å². The molecule has 4 aromatic rings. The van der Waals surface area contributed by atoms with Gasteiger partial charge in [-0.15, -0.1) is 0 Å². The summed E-state index contributed by atoms with van der Waals surface area (Å²) in [5.41, 5.74) is 7.24. The van der Waals surface area contributed by atoms with Gasteiger partial charge in [-0.05, 0) is 37.1 Å². The number of aromatic nitrogens is 3. The summed E-state index contributed by atoms with van der Waals surface area (Å²) in [4.78, 5) is 31.9. The van der Waals surface area contributed by atoms with E-state index in [1.165, 1.54) is 0 Å². The van der Waals surface area contributed by atoms with E-state index in [2.05, 4.69) is 0 Å². The quantitative estimate of drug-likeness (QED) is 0.547. The monoisotopic (exact) mass is 386 g/mol. The molecule has 2 aromatic heterocycles. The fourth-order valence-corrected chi connectivity index (χ4v) is 4.19. The van der Waals surface area contributed by atoms with Crippen LogP contribution in [0.2, 0.25) is 0 Å². The molecule has 0 spiro atoms. The van der Waals surface area contributed by atoms with Crippen LogP contribution in [-0.2, 0) is 6.54 Å². The van der Waals surface area contributed by atoms with Gasteiger partial charge in [-0.25, -0.2) is 4.98 Å². The van der Waals surface area contributed by atoms with Crippen molar-refractivity contribution in [1.29, 1.82) is 0 Å². The fourth-order valence-electron chi connectivity index (χ4n) is 4.19. The standard InChI is InChI=1S/C23H22N4O2/c24-13-14-26-18-12-5-4-11-17(18)20(28)19-22(26)25-21(15-7-6-8-15)27(23(19)29)16-9-2-1-3-10-16/h1-5,9-12,15H,6-8,13-14,24H2. The van der Waals surface area contributed by atoms with E-state index in [1.54, 1.807) is 10.6 Å². The zero-order valence-electron chi connectivity index (χ0n) is 16.0. The first-order chi connectivity index (χ1) is 14.2. The number of nitrogens with zero attached hydrogens (tertiary/aromatic N) is 3. The zero-order valence-corrected chi connectivity index (χ0v) is 16.0. The highest BCUT2D eigenvalue weighted by Crippen LogP contribution is 2.36. The minimum atomic E-state index is -0.301. The van der Waals surface area contributed by atoms with E-state index in [9.17, 15) is 9.59 Å². The van der Waals surface area contributed by atoms with Gasteiger partial charge in [-0.3, -0.25) is 14.2 Å². The van der Waals surface area contributed by atoms with Crippen LogP contribution < -0.4 is 16.7 Å². The van der Waals surface area contributed by atoms with Crippen molar-refractivity contribution >= 4 is 21.9 Å². The zero-order chi connectivity index (χ0) is 20.0. The second kappa shape index (κ2) is 6.97. The Kier molecular flexibility index (Phi) is 4.28. The van der Waals surface area contributed by atoms with Crippen molar-refractivity contribution in [3.05, 3.63) is 81.0 Å². The molecule has 2 heterocycles. The maximum atomic E-state index is 13.7. The van der Waals surface area contributed by atoms with Crippen LogP contribution >= 0.6 is 0 Å². The number of pyridine rings is 1. The summed E-state index contributed by atoms with van der Waals surface area (Å²) in [7, 11) is 0. The minimum Gasteiger partial charge on any atom is -0.329 e. The predicted molar refractivity (Wildman–Crippen MR) is 115 cm³/mol. The van der Waals surface area contributed by atoms with E-state index in [0.717, 1.165) is 36.3 Å². The molecule has 0 bridgehead atoms. The average Bonchev–Trinajstić information content (AvgIpc) is 2.70. The van der Waals surface area contributed by atoms with E-state index in [-0.39, 0.29) is 22.3 Å². The summed E-state index contributed by atoms with van der Waals surface area (Å²) < 4.78 is 3.56. The van der Waals surface area contributed by atoms with Crippen molar-refractivity contribution in [3.8, 4) is 5.69 Å². The van der Waals surface area contributed by atoms with Gasteiger partial charge in [0.1, 0.15) is 11.2 Å². The summed E-state index contributed by atoms with van der Waals surface area (Å²) in [6.45, 7) is 0.882. The maximum absolute atomic E-state index is 13.7. The van der Waals surface area contributed by atoms with Gasteiger partial charge in [-0.2, -0.15) is 0 Å². The van der Waals surface area contributed by atoms with Gasteiger partial charge in [0, 0.05) is 24.4 Å². The van der Waals surface area contributed by atoms with Crippen LogP contribution in [0, 0.1) is 0 Å². The molecule has 1 aliphatic carbocycles. The van der Waals surface area contributed by atoms with E-state index in [0.29, 0.717) is 24.1 Å². The molecular formula is C23H22N4O2. The van der Waals surface area contributed by atoms with Crippen LogP contribution in [0.4, 0.5) is 0 Å². The van der Waals surface area contributed by atoms with Crippen LogP contribution in [0.1, 0.15) is 31.0 Å². The number of rotatable bonds is 4. The van der Waals surface area contributed by atoms with Crippen molar-refractivity contribution < 1.29 is 0 Å². The highest BCUT2D eigenvalue weighted by molar-refractivity contribution is 5.91. The fraction of sp³-hybridized carbons (Fsp3) is 0.261. The Morgan fingerprint density at radius 1 is 1.00 bits per heavy atom. The molecule has 5 rings (SSSR count). The second-order valence-electron chi connectivity index (χ2n) is 7.56. The summed E-state index contributed by atoms with van der Waals surface area (Å²) in [6, 6.07) is 16.8. The third kappa shape index (κ3) is 2.71. The van der Waals surface area contributed by atoms with Gasteiger partial charge in [0.15, 0.2) is 5.65 Å². The largest absolute Gasteiger partial charge is 0.329 e. The smallest absolute Gasteiger partial charge is 0.271 e. The van der Waals surface area contributed by atoms with Gasteiger partial charge in [0.25, 0.3) is 5.56 Å². The summed E-state index contributed by atoms with van der Waals surface area (Å²) in [6.07, 6.45) is 3.12. The van der Waals surface area contributed by atoms with Crippen LogP contribution in [-0.4, -0.2) is 20.7 Å². The number of benzene rings is 2. The summed E-state index contributed by atoms with van der Waals surface area (Å²) in [5.74, 6) is 0.959. The molecule has 1 saturated carbocycles. The Bertz CT molecular complexity index is 1330. The van der Waals surface area contributed by atoms with E-state index >= 15 is 0 Å². The topological polar surface area (TPSA) is 82.9 Å². The van der Waals surface area contributed by atoms with Gasteiger partial charge >= 0.3 is 0 Å². The molecule has 29 heavy (non-hydrogen) atoms. The van der Waals surface area contributed by atoms with Gasteiger partial charge in [0.05, 0.1) is 11.2 Å². The first kappa shape index (κ1) is 17.8. The SMILES string of the molecule is NCCn1c2ccccc2c(=O)c2c(=O)n(-c3ccccc3)c(C3CCC3)nc21. The molecule has 0 saturated heterocycles. The minimum absolute atomic E-state index is 0.129. The predicted octanol–water partition coefficient (Wildman–Crippen LogP) is 2.93.